The van der Waals surface area contributed by atoms with Crippen molar-refractivity contribution < 1.29 is 18.9 Å². The second-order valence-electron chi connectivity index (χ2n) is 2.26. The zero-order valence-corrected chi connectivity index (χ0v) is 6.96. The maximum Gasteiger partial charge on any atom is 1.00 e. The zero-order valence-electron chi connectivity index (χ0n) is 6.96. The predicted octanol–water partition coefficient (Wildman–Crippen LogP) is -0.388. The number of hydrogen-bond acceptors (Lipinski definition) is 0. The smallest absolute Gasteiger partial charge is 0.518 e. The summed E-state index contributed by atoms with van der Waals surface area (Å²) in [5.41, 5.74) is 1.35. The summed E-state index contributed by atoms with van der Waals surface area (Å²) < 4.78 is 0. The first kappa shape index (κ1) is 10.6. The molecule has 52 valence electrons. The van der Waals surface area contributed by atoms with Gasteiger partial charge in [-0.25, -0.2) is 0 Å². The molecule has 1 aromatic carbocycles. The molecular weight excluding hydrogens is 127 g/mol. The van der Waals surface area contributed by atoms with Gasteiger partial charge in [0.1, 0.15) is 0 Å². The van der Waals surface area contributed by atoms with E-state index < -0.39 is 0 Å². The average molecular weight is 138 g/mol. The van der Waals surface area contributed by atoms with E-state index in [1.807, 2.05) is 18.2 Å². The van der Waals surface area contributed by atoms with Gasteiger partial charge in [0, 0.05) is 0 Å². The molecule has 0 unspecified atom stereocenters. The van der Waals surface area contributed by atoms with E-state index in [9.17, 15) is 0 Å². The fraction of sp³-hybridized carbons (Fsp3) is 0.200. The fourth-order valence-electron chi connectivity index (χ4n) is 0.895. The van der Waals surface area contributed by atoms with E-state index in [-0.39, 0.29) is 18.9 Å². The van der Waals surface area contributed by atoms with Crippen LogP contribution in [0.25, 0.3) is 0 Å². The van der Waals surface area contributed by atoms with Gasteiger partial charge in [0.15, 0.2) is 0 Å². The number of benzene rings is 1. The van der Waals surface area contributed by atoms with Crippen molar-refractivity contribution in [3.8, 4) is 0 Å². The van der Waals surface area contributed by atoms with E-state index in [1.165, 1.54) is 5.56 Å². The van der Waals surface area contributed by atoms with Gasteiger partial charge in [-0.2, -0.15) is 0 Å². The Morgan fingerprint density at radius 3 is 2.36 bits per heavy atom. The molecule has 0 aliphatic heterocycles. The van der Waals surface area contributed by atoms with E-state index in [0.29, 0.717) is 0 Å². The van der Waals surface area contributed by atoms with Crippen LogP contribution >= 0.6 is 0 Å². The molecule has 0 radical (unpaired) electrons. The third kappa shape index (κ3) is 4.09. The van der Waals surface area contributed by atoms with Crippen molar-refractivity contribution in [3.05, 3.63) is 48.6 Å². The largest absolute Gasteiger partial charge is 1.00 e. The molecule has 1 rings (SSSR count). The van der Waals surface area contributed by atoms with Crippen LogP contribution in [0, 0.1) is 6.58 Å². The second kappa shape index (κ2) is 6.28. The molecular formula is C10H11Li. The van der Waals surface area contributed by atoms with Crippen LogP contribution in [0.2, 0.25) is 0 Å². The van der Waals surface area contributed by atoms with Gasteiger partial charge in [-0.15, -0.1) is 0 Å². The summed E-state index contributed by atoms with van der Waals surface area (Å²) in [7, 11) is 0. The first-order valence-electron chi connectivity index (χ1n) is 3.51. The van der Waals surface area contributed by atoms with E-state index >= 15 is 0 Å². The third-order valence-electron chi connectivity index (χ3n) is 1.44. The van der Waals surface area contributed by atoms with Gasteiger partial charge in [0.05, 0.1) is 0 Å². The van der Waals surface area contributed by atoms with Gasteiger partial charge in [0.25, 0.3) is 0 Å². The van der Waals surface area contributed by atoms with Crippen molar-refractivity contribution in [2.45, 2.75) is 12.8 Å². The molecule has 0 nitrogen and oxygen atoms in total. The SMILES string of the molecule is [CH-]=CCCc1ccccc1.[Li+]. The van der Waals surface area contributed by atoms with Gasteiger partial charge < -0.3 is 6.58 Å². The standard InChI is InChI=1S/C10H11.Li/c1-2-3-7-10-8-5-4-6-9-10;/h1-2,4-6,8-9H,3,7H2;/q-1;+1. The van der Waals surface area contributed by atoms with Crippen molar-refractivity contribution in [1.82, 2.24) is 0 Å². The van der Waals surface area contributed by atoms with Gasteiger partial charge in [-0.05, 0) is 12.0 Å². The molecule has 0 aliphatic carbocycles. The van der Waals surface area contributed by atoms with Gasteiger partial charge >= 0.3 is 18.9 Å². The van der Waals surface area contributed by atoms with Crippen molar-refractivity contribution in [3.63, 3.8) is 0 Å². The Labute approximate surface area is 80.5 Å². The summed E-state index contributed by atoms with van der Waals surface area (Å²) in [6, 6.07) is 10.3. The van der Waals surface area contributed by atoms with Crippen LogP contribution in [0.3, 0.4) is 0 Å². The second-order valence-corrected chi connectivity index (χ2v) is 2.26. The fourth-order valence-corrected chi connectivity index (χ4v) is 0.895. The minimum Gasteiger partial charge on any atom is -0.518 e. The van der Waals surface area contributed by atoms with Crippen LogP contribution < -0.4 is 18.9 Å². The molecule has 0 heterocycles. The summed E-state index contributed by atoms with van der Waals surface area (Å²) in [6.07, 6.45) is 3.72. The summed E-state index contributed by atoms with van der Waals surface area (Å²) in [4.78, 5) is 0. The van der Waals surface area contributed by atoms with Gasteiger partial charge in [-0.1, -0.05) is 36.8 Å². The van der Waals surface area contributed by atoms with Crippen LogP contribution in [-0.2, 0) is 6.42 Å². The summed E-state index contributed by atoms with van der Waals surface area (Å²) >= 11 is 0. The van der Waals surface area contributed by atoms with Crippen LogP contribution in [0.15, 0.2) is 36.4 Å². The minimum absolute atomic E-state index is 0. The quantitative estimate of drug-likeness (QED) is 0.394. The molecule has 1 aromatic rings. The van der Waals surface area contributed by atoms with Crippen LogP contribution in [0.4, 0.5) is 0 Å². The molecule has 0 N–H and O–H groups in total. The Morgan fingerprint density at radius 1 is 1.18 bits per heavy atom. The number of allylic oxidation sites excluding steroid dienone is 1. The summed E-state index contributed by atoms with van der Waals surface area (Å²) in [6.45, 7) is 5.25. The molecule has 0 aliphatic rings. The van der Waals surface area contributed by atoms with Crippen molar-refractivity contribution in [1.29, 1.82) is 0 Å². The number of hydrogen-bond donors (Lipinski definition) is 0. The van der Waals surface area contributed by atoms with Gasteiger partial charge in [-0.3, -0.25) is 6.08 Å². The summed E-state index contributed by atoms with van der Waals surface area (Å²) in [5.74, 6) is 0. The molecule has 0 amide bonds. The van der Waals surface area contributed by atoms with Crippen molar-refractivity contribution >= 4 is 0 Å². The molecule has 0 saturated carbocycles. The Bertz CT molecular complexity index is 191. The molecule has 0 saturated heterocycles. The molecule has 0 aromatic heterocycles. The van der Waals surface area contributed by atoms with E-state index in [0.717, 1.165) is 12.8 Å². The predicted molar refractivity (Wildman–Crippen MR) is 43.6 cm³/mol. The van der Waals surface area contributed by atoms with Gasteiger partial charge in [0.2, 0.25) is 0 Å². The maximum absolute atomic E-state index is 5.25. The normalized spacial score (nSPS) is 8.36. The topological polar surface area (TPSA) is 0 Å². The molecule has 11 heavy (non-hydrogen) atoms. The molecule has 1 heteroatoms. The Balaban J connectivity index is 0.000001000. The van der Waals surface area contributed by atoms with Crippen molar-refractivity contribution in [2.75, 3.05) is 0 Å². The third-order valence-corrected chi connectivity index (χ3v) is 1.44. The molecule has 0 bridgehead atoms. The molecule has 0 spiro atoms. The minimum atomic E-state index is 0. The Hall–Kier alpha value is -0.443. The Kier molecular flexibility index (Phi) is 6.03. The van der Waals surface area contributed by atoms with E-state index in [2.05, 4.69) is 12.1 Å². The Morgan fingerprint density at radius 2 is 1.82 bits per heavy atom. The van der Waals surface area contributed by atoms with Crippen LogP contribution in [0.5, 0.6) is 0 Å². The van der Waals surface area contributed by atoms with Crippen LogP contribution in [0.1, 0.15) is 12.0 Å². The van der Waals surface area contributed by atoms with E-state index in [1.54, 1.807) is 6.08 Å². The van der Waals surface area contributed by atoms with E-state index in [4.69, 9.17) is 6.58 Å². The maximum atomic E-state index is 5.25. The van der Waals surface area contributed by atoms with Crippen molar-refractivity contribution in [2.24, 2.45) is 0 Å². The van der Waals surface area contributed by atoms with Crippen LogP contribution in [-0.4, -0.2) is 0 Å². The average Bonchev–Trinajstić information content (AvgIpc) is 2.03. The zero-order chi connectivity index (χ0) is 7.23. The number of aryl methyl sites for hydroxylation is 1. The molecule has 0 atom stereocenters. The molecule has 0 fully saturated rings. The first-order valence-corrected chi connectivity index (χ1v) is 3.51. The monoisotopic (exact) mass is 138 g/mol. The summed E-state index contributed by atoms with van der Waals surface area (Å²) in [5, 5.41) is 0. The number of rotatable bonds is 3. The first-order chi connectivity index (χ1) is 4.93.